The molecule has 3 aromatic rings. The molecule has 3 N–H and O–H groups in total. The van der Waals surface area contributed by atoms with Gasteiger partial charge >= 0.3 is 5.97 Å². The number of anilines is 1. The lowest BCUT2D eigenvalue weighted by molar-refractivity contribution is 0.0698. The zero-order valence-electron chi connectivity index (χ0n) is 11.5. The van der Waals surface area contributed by atoms with Gasteiger partial charge in [0.05, 0.1) is 22.5 Å². The molecule has 0 aliphatic heterocycles. The molecule has 0 unspecified atom stereocenters. The molecule has 6 heteroatoms. The average Bonchev–Trinajstić information content (AvgIpc) is 2.55. The van der Waals surface area contributed by atoms with Gasteiger partial charge in [-0.1, -0.05) is 12.1 Å². The number of benzene rings is 2. The van der Waals surface area contributed by atoms with Gasteiger partial charge in [-0.15, -0.1) is 10.2 Å². The molecule has 0 atom stereocenters. The minimum Gasteiger partial charge on any atom is -0.478 e. The number of nitrogen functional groups attached to an aromatic ring is 1. The fourth-order valence-electron chi connectivity index (χ4n) is 2.12. The number of hydrogen-bond donors (Lipinski definition) is 2. The van der Waals surface area contributed by atoms with Crippen LogP contribution in [0, 0.1) is 0 Å². The fraction of sp³-hybridized carbons (Fsp3) is 0. The van der Waals surface area contributed by atoms with E-state index in [9.17, 15) is 4.79 Å². The number of carboxylic acid groups (broad SMARTS) is 1. The summed E-state index contributed by atoms with van der Waals surface area (Å²) in [7, 11) is 0. The molecule has 0 fully saturated rings. The van der Waals surface area contributed by atoms with Gasteiger partial charge in [0, 0.05) is 11.6 Å². The Morgan fingerprint density at radius 3 is 2.59 bits per heavy atom. The van der Waals surface area contributed by atoms with Gasteiger partial charge in [-0.3, -0.25) is 4.98 Å². The Hall–Kier alpha value is -3.28. The minimum atomic E-state index is -1.04. The second-order valence-corrected chi connectivity index (χ2v) is 4.60. The molecule has 0 amide bonds. The van der Waals surface area contributed by atoms with Gasteiger partial charge in [0.25, 0.3) is 0 Å². The number of aromatic nitrogens is 1. The normalized spacial score (nSPS) is 11.1. The van der Waals surface area contributed by atoms with Crippen molar-refractivity contribution in [3.63, 3.8) is 0 Å². The minimum absolute atomic E-state index is 0.101. The van der Waals surface area contributed by atoms with Crippen molar-refractivity contribution in [3.05, 3.63) is 60.3 Å². The van der Waals surface area contributed by atoms with Crippen LogP contribution in [0.15, 0.2) is 65.0 Å². The first kappa shape index (κ1) is 13.7. The number of hydrogen-bond acceptors (Lipinski definition) is 5. The van der Waals surface area contributed by atoms with Crippen molar-refractivity contribution in [3.8, 4) is 0 Å². The van der Waals surface area contributed by atoms with Gasteiger partial charge in [0.15, 0.2) is 0 Å². The number of rotatable bonds is 3. The molecule has 0 bridgehead atoms. The zero-order chi connectivity index (χ0) is 15.5. The molecule has 2 aromatic carbocycles. The molecule has 0 saturated carbocycles. The molecule has 1 heterocycles. The van der Waals surface area contributed by atoms with Crippen LogP contribution in [0.5, 0.6) is 0 Å². The van der Waals surface area contributed by atoms with Crippen molar-refractivity contribution in [2.24, 2.45) is 10.2 Å². The molecular formula is C16H12N4O2. The van der Waals surface area contributed by atoms with Crippen molar-refractivity contribution in [2.45, 2.75) is 0 Å². The maximum atomic E-state index is 11.2. The molecule has 0 saturated heterocycles. The number of azo groups is 1. The lowest BCUT2D eigenvalue weighted by Crippen LogP contribution is -1.95. The lowest BCUT2D eigenvalue weighted by atomic mass is 10.1. The summed E-state index contributed by atoms with van der Waals surface area (Å²) in [6, 6.07) is 13.5. The van der Waals surface area contributed by atoms with Crippen molar-refractivity contribution in [1.82, 2.24) is 4.98 Å². The molecule has 108 valence electrons. The number of nitrogens with two attached hydrogens (primary N) is 1. The van der Waals surface area contributed by atoms with Crippen LogP contribution >= 0.6 is 0 Å². The van der Waals surface area contributed by atoms with Gasteiger partial charge < -0.3 is 10.8 Å². The summed E-state index contributed by atoms with van der Waals surface area (Å²) < 4.78 is 0. The third kappa shape index (κ3) is 2.49. The van der Waals surface area contributed by atoms with Crippen LogP contribution in [-0.2, 0) is 0 Å². The summed E-state index contributed by atoms with van der Waals surface area (Å²) in [5, 5.41) is 18.1. The van der Waals surface area contributed by atoms with Crippen LogP contribution in [0.3, 0.4) is 0 Å². The van der Waals surface area contributed by atoms with Crippen LogP contribution in [0.2, 0.25) is 0 Å². The van der Waals surface area contributed by atoms with E-state index in [2.05, 4.69) is 15.2 Å². The Labute approximate surface area is 125 Å². The smallest absolute Gasteiger partial charge is 0.337 e. The van der Waals surface area contributed by atoms with Gasteiger partial charge in [-0.25, -0.2) is 4.79 Å². The van der Waals surface area contributed by atoms with Crippen LogP contribution in [0.25, 0.3) is 10.9 Å². The van der Waals surface area contributed by atoms with E-state index in [-0.39, 0.29) is 5.56 Å². The molecular weight excluding hydrogens is 280 g/mol. The Kier molecular flexibility index (Phi) is 3.49. The number of pyridine rings is 1. The van der Waals surface area contributed by atoms with Crippen molar-refractivity contribution < 1.29 is 9.90 Å². The first-order valence-corrected chi connectivity index (χ1v) is 6.54. The highest BCUT2D eigenvalue weighted by molar-refractivity contribution is 5.97. The van der Waals surface area contributed by atoms with Crippen molar-refractivity contribution >= 4 is 33.9 Å². The summed E-state index contributed by atoms with van der Waals surface area (Å²) in [4.78, 5) is 15.4. The summed E-state index contributed by atoms with van der Waals surface area (Å²) in [6.07, 6.45) is 1.65. The lowest BCUT2D eigenvalue weighted by Gasteiger charge is -2.03. The van der Waals surface area contributed by atoms with Gasteiger partial charge in [-0.2, -0.15) is 0 Å². The standard InChI is InChI=1S/C16H12N4O2/c17-12-7-8-14(10-5-3-9-18-15(10)12)20-19-13-6-2-1-4-11(13)16(21)22/h1-9H,17H2,(H,21,22). The van der Waals surface area contributed by atoms with E-state index >= 15 is 0 Å². The van der Waals surface area contributed by atoms with Gasteiger partial charge in [-0.05, 0) is 36.4 Å². The highest BCUT2D eigenvalue weighted by Gasteiger charge is 2.09. The summed E-state index contributed by atoms with van der Waals surface area (Å²) >= 11 is 0. The number of nitrogens with zero attached hydrogens (tertiary/aromatic N) is 3. The predicted molar refractivity (Wildman–Crippen MR) is 83.7 cm³/mol. The van der Waals surface area contributed by atoms with Crippen molar-refractivity contribution in [1.29, 1.82) is 0 Å². The molecule has 1 aromatic heterocycles. The Bertz CT molecular complexity index is 890. The molecule has 0 radical (unpaired) electrons. The van der Waals surface area contributed by atoms with E-state index in [1.54, 1.807) is 42.6 Å². The van der Waals surface area contributed by atoms with E-state index in [1.807, 2.05) is 6.07 Å². The SMILES string of the molecule is Nc1ccc(N=Nc2ccccc2C(=O)O)c2cccnc12. The molecule has 0 spiro atoms. The Balaban J connectivity index is 2.08. The third-order valence-electron chi connectivity index (χ3n) is 3.18. The van der Waals surface area contributed by atoms with Crippen LogP contribution in [0.4, 0.5) is 17.1 Å². The fourth-order valence-corrected chi connectivity index (χ4v) is 2.12. The number of fused-ring (bicyclic) bond motifs is 1. The summed E-state index contributed by atoms with van der Waals surface area (Å²) in [5.41, 5.74) is 8.06. The number of carbonyl (C=O) groups is 1. The zero-order valence-corrected chi connectivity index (χ0v) is 11.5. The second-order valence-electron chi connectivity index (χ2n) is 4.60. The molecule has 22 heavy (non-hydrogen) atoms. The highest BCUT2D eigenvalue weighted by atomic mass is 16.4. The average molecular weight is 292 g/mol. The second kappa shape index (κ2) is 5.61. The summed E-state index contributed by atoms with van der Waals surface area (Å²) in [6.45, 7) is 0. The van der Waals surface area contributed by atoms with E-state index in [0.717, 1.165) is 5.39 Å². The molecule has 0 aliphatic rings. The number of aromatic carboxylic acids is 1. The first-order chi connectivity index (χ1) is 10.7. The Morgan fingerprint density at radius 2 is 1.77 bits per heavy atom. The van der Waals surface area contributed by atoms with E-state index < -0.39 is 5.97 Å². The maximum Gasteiger partial charge on any atom is 0.337 e. The van der Waals surface area contributed by atoms with Crippen molar-refractivity contribution in [2.75, 3.05) is 5.73 Å². The van der Waals surface area contributed by atoms with E-state index in [0.29, 0.717) is 22.6 Å². The monoisotopic (exact) mass is 292 g/mol. The molecule has 3 rings (SSSR count). The van der Waals surface area contributed by atoms with Crippen LogP contribution < -0.4 is 5.73 Å². The third-order valence-corrected chi connectivity index (χ3v) is 3.18. The van der Waals surface area contributed by atoms with E-state index in [1.165, 1.54) is 6.07 Å². The van der Waals surface area contributed by atoms with Crippen LogP contribution in [-0.4, -0.2) is 16.1 Å². The van der Waals surface area contributed by atoms with Crippen LogP contribution in [0.1, 0.15) is 10.4 Å². The maximum absolute atomic E-state index is 11.2. The predicted octanol–water partition coefficient (Wildman–Crippen LogP) is 3.93. The highest BCUT2D eigenvalue weighted by Crippen LogP contribution is 2.30. The van der Waals surface area contributed by atoms with E-state index in [4.69, 9.17) is 10.8 Å². The topological polar surface area (TPSA) is 101 Å². The summed E-state index contributed by atoms with van der Waals surface area (Å²) in [5.74, 6) is -1.04. The first-order valence-electron chi connectivity index (χ1n) is 6.54. The number of carboxylic acids is 1. The van der Waals surface area contributed by atoms with Gasteiger partial charge in [0.2, 0.25) is 0 Å². The molecule has 0 aliphatic carbocycles. The van der Waals surface area contributed by atoms with Gasteiger partial charge in [0.1, 0.15) is 5.69 Å². The molecule has 6 nitrogen and oxygen atoms in total. The largest absolute Gasteiger partial charge is 0.478 e. The quantitative estimate of drug-likeness (QED) is 0.564. The Morgan fingerprint density at radius 1 is 1.00 bits per heavy atom.